The third kappa shape index (κ3) is 6.77. The van der Waals surface area contributed by atoms with Crippen molar-refractivity contribution in [3.05, 3.63) is 26.9 Å². The van der Waals surface area contributed by atoms with Gasteiger partial charge in [-0.15, -0.1) is 0 Å². The smallest absolute Gasteiger partial charge is 0.407 e. The van der Waals surface area contributed by atoms with Crippen molar-refractivity contribution in [1.82, 2.24) is 15.6 Å². The minimum atomic E-state index is -0.473. The van der Waals surface area contributed by atoms with Gasteiger partial charge in [0.05, 0.1) is 5.69 Å². The molecule has 1 aliphatic rings. The van der Waals surface area contributed by atoms with Crippen molar-refractivity contribution >= 4 is 38.0 Å². The number of carbonyl (C=O) groups is 1. The van der Waals surface area contributed by atoms with Gasteiger partial charge in [0.25, 0.3) is 0 Å². The van der Waals surface area contributed by atoms with E-state index in [0.717, 1.165) is 14.6 Å². The van der Waals surface area contributed by atoms with Gasteiger partial charge in [-0.05, 0) is 77.5 Å². The van der Waals surface area contributed by atoms with E-state index in [0.29, 0.717) is 19.0 Å². The number of carbonyl (C=O) groups excluding carboxylic acids is 1. The van der Waals surface area contributed by atoms with Gasteiger partial charge in [0.15, 0.2) is 0 Å². The van der Waals surface area contributed by atoms with E-state index in [9.17, 15) is 4.79 Å². The van der Waals surface area contributed by atoms with Crippen LogP contribution in [0.2, 0.25) is 0 Å². The summed E-state index contributed by atoms with van der Waals surface area (Å²) in [5.41, 5.74) is 0.481. The maximum absolute atomic E-state index is 11.8. The minimum Gasteiger partial charge on any atom is -0.444 e. The first-order chi connectivity index (χ1) is 10.7. The second-order valence-corrected chi connectivity index (χ2v) is 8.56. The molecule has 0 saturated heterocycles. The lowest BCUT2D eigenvalue weighted by atomic mass is 10.1. The van der Waals surface area contributed by atoms with Crippen LogP contribution in [0.3, 0.4) is 0 Å². The second-order valence-electron chi connectivity index (χ2n) is 6.79. The monoisotopic (exact) mass is 447 g/mol. The molecule has 1 aromatic heterocycles. The molecule has 0 spiro atoms. The third-order valence-corrected chi connectivity index (χ3v) is 4.59. The fraction of sp³-hybridized carbons (Fsp3) is 0.625. The number of alkyl carbamates (subject to hydrolysis) is 1. The van der Waals surface area contributed by atoms with Crippen LogP contribution in [0.5, 0.6) is 0 Å². The summed E-state index contributed by atoms with van der Waals surface area (Å²) < 4.78 is 7.19. The first kappa shape index (κ1) is 18.7. The molecular formula is C16H23Br2N3O2. The average molecular weight is 449 g/mol. The van der Waals surface area contributed by atoms with Crippen LogP contribution >= 0.6 is 31.9 Å². The third-order valence-electron chi connectivity index (χ3n) is 3.47. The molecule has 2 rings (SSSR count). The summed E-state index contributed by atoms with van der Waals surface area (Å²) in [5.74, 6) is 0.610. The van der Waals surface area contributed by atoms with Crippen molar-refractivity contribution in [3.8, 4) is 0 Å². The van der Waals surface area contributed by atoms with Crippen molar-refractivity contribution in [3.63, 3.8) is 0 Å². The number of rotatable bonds is 6. The van der Waals surface area contributed by atoms with Crippen molar-refractivity contribution < 1.29 is 9.53 Å². The highest BCUT2D eigenvalue weighted by Crippen LogP contribution is 2.32. The van der Waals surface area contributed by atoms with Crippen molar-refractivity contribution in [1.29, 1.82) is 0 Å². The number of aromatic nitrogens is 1. The molecule has 1 amide bonds. The van der Waals surface area contributed by atoms with Gasteiger partial charge in [-0.25, -0.2) is 4.79 Å². The second kappa shape index (κ2) is 7.94. The quantitative estimate of drug-likeness (QED) is 0.690. The molecule has 2 N–H and O–H groups in total. The number of nitrogens with one attached hydrogen (secondary N) is 2. The zero-order valence-electron chi connectivity index (χ0n) is 13.7. The Hall–Kier alpha value is -0.660. The molecular weight excluding hydrogens is 426 g/mol. The number of pyridine rings is 1. The fourth-order valence-electron chi connectivity index (χ4n) is 2.21. The summed E-state index contributed by atoms with van der Waals surface area (Å²) in [6.45, 7) is 6.80. The molecule has 0 bridgehead atoms. The minimum absolute atomic E-state index is 0.236. The van der Waals surface area contributed by atoms with Gasteiger partial charge in [-0.3, -0.25) is 4.98 Å². The first-order valence-corrected chi connectivity index (χ1v) is 9.33. The number of hydrogen-bond acceptors (Lipinski definition) is 4. The standard InChI is InChI=1S/C16H23Br2N3O2/c1-16(2,3)23-15(22)21-8-13(10-4-5-10)20-9-14-12(18)6-11(17)7-19-14/h6-7,10,13,20H,4-5,8-9H2,1-3H3,(H,21,22). The predicted octanol–water partition coefficient (Wildman–Crippen LogP) is 4.00. The number of hydrogen-bond donors (Lipinski definition) is 2. The zero-order chi connectivity index (χ0) is 17.0. The molecule has 1 aromatic rings. The van der Waals surface area contributed by atoms with Crippen LogP contribution in [-0.4, -0.2) is 29.3 Å². The topological polar surface area (TPSA) is 63.2 Å². The Kier molecular flexibility index (Phi) is 6.45. The van der Waals surface area contributed by atoms with Crippen LogP contribution in [0.1, 0.15) is 39.3 Å². The number of amides is 1. The Morgan fingerprint density at radius 2 is 2.13 bits per heavy atom. The van der Waals surface area contributed by atoms with Gasteiger partial charge in [-0.1, -0.05) is 0 Å². The number of halogens is 2. The summed E-state index contributed by atoms with van der Waals surface area (Å²) in [4.78, 5) is 16.2. The predicted molar refractivity (Wildman–Crippen MR) is 97.2 cm³/mol. The Balaban J connectivity index is 1.83. The lowest BCUT2D eigenvalue weighted by molar-refractivity contribution is 0.0521. The van der Waals surface area contributed by atoms with Crippen LogP contribution in [0.4, 0.5) is 4.79 Å². The highest BCUT2D eigenvalue weighted by molar-refractivity contribution is 9.11. The van der Waals surface area contributed by atoms with Crippen molar-refractivity contribution in [2.75, 3.05) is 6.54 Å². The van der Waals surface area contributed by atoms with Crippen LogP contribution < -0.4 is 10.6 Å². The highest BCUT2D eigenvalue weighted by Gasteiger charge is 2.31. The molecule has 1 heterocycles. The van der Waals surface area contributed by atoms with Crippen LogP contribution in [0.25, 0.3) is 0 Å². The molecule has 1 atom stereocenters. The maximum Gasteiger partial charge on any atom is 0.407 e. The Morgan fingerprint density at radius 3 is 2.70 bits per heavy atom. The lowest BCUT2D eigenvalue weighted by Gasteiger charge is -2.22. The van der Waals surface area contributed by atoms with Crippen molar-refractivity contribution in [2.45, 2.75) is 51.8 Å². The molecule has 1 fully saturated rings. The summed E-state index contributed by atoms with van der Waals surface area (Å²) in [6, 6.07) is 2.22. The largest absolute Gasteiger partial charge is 0.444 e. The van der Waals surface area contributed by atoms with E-state index in [1.54, 1.807) is 6.20 Å². The van der Waals surface area contributed by atoms with Gasteiger partial charge in [0.1, 0.15) is 5.60 Å². The van der Waals surface area contributed by atoms with Gasteiger partial charge in [0.2, 0.25) is 0 Å². The lowest BCUT2D eigenvalue weighted by Crippen LogP contribution is -2.43. The van der Waals surface area contributed by atoms with E-state index >= 15 is 0 Å². The summed E-state index contributed by atoms with van der Waals surface area (Å²) >= 11 is 6.92. The maximum atomic E-state index is 11.8. The van der Waals surface area contributed by atoms with Crippen LogP contribution in [-0.2, 0) is 11.3 Å². The molecule has 1 unspecified atom stereocenters. The SMILES string of the molecule is CC(C)(C)OC(=O)NCC(NCc1ncc(Br)cc1Br)C1CC1. The Morgan fingerprint density at radius 1 is 1.43 bits per heavy atom. The van der Waals surface area contributed by atoms with E-state index < -0.39 is 5.60 Å². The van der Waals surface area contributed by atoms with E-state index in [1.165, 1.54) is 12.8 Å². The van der Waals surface area contributed by atoms with Gasteiger partial charge in [-0.2, -0.15) is 0 Å². The molecule has 0 aliphatic heterocycles. The zero-order valence-corrected chi connectivity index (χ0v) is 16.8. The molecule has 128 valence electrons. The van der Waals surface area contributed by atoms with Gasteiger partial charge in [0, 0.05) is 34.3 Å². The van der Waals surface area contributed by atoms with E-state index in [4.69, 9.17) is 4.74 Å². The molecule has 7 heteroatoms. The van der Waals surface area contributed by atoms with Crippen LogP contribution in [0.15, 0.2) is 21.2 Å². The van der Waals surface area contributed by atoms with Crippen LogP contribution in [0, 0.1) is 5.92 Å². The molecule has 1 saturated carbocycles. The Bertz CT molecular complexity index is 557. The van der Waals surface area contributed by atoms with E-state index in [-0.39, 0.29) is 12.1 Å². The normalized spacial score (nSPS) is 16.0. The van der Waals surface area contributed by atoms with Crippen molar-refractivity contribution in [2.24, 2.45) is 5.92 Å². The molecule has 23 heavy (non-hydrogen) atoms. The molecule has 0 aromatic carbocycles. The summed E-state index contributed by atoms with van der Waals surface area (Å²) in [5, 5.41) is 6.36. The highest BCUT2D eigenvalue weighted by atomic mass is 79.9. The molecule has 1 aliphatic carbocycles. The first-order valence-electron chi connectivity index (χ1n) is 7.75. The summed E-state index contributed by atoms with van der Waals surface area (Å²) in [7, 11) is 0. The van der Waals surface area contributed by atoms with E-state index in [1.807, 2.05) is 26.8 Å². The molecule has 0 radical (unpaired) electrons. The number of nitrogens with zero attached hydrogens (tertiary/aromatic N) is 1. The molecule has 5 nitrogen and oxygen atoms in total. The van der Waals surface area contributed by atoms with Gasteiger partial charge >= 0.3 is 6.09 Å². The summed E-state index contributed by atoms with van der Waals surface area (Å²) in [6.07, 6.45) is 3.81. The average Bonchev–Trinajstić information content (AvgIpc) is 3.23. The van der Waals surface area contributed by atoms with E-state index in [2.05, 4.69) is 47.5 Å². The number of ether oxygens (including phenoxy) is 1. The van der Waals surface area contributed by atoms with Gasteiger partial charge < -0.3 is 15.4 Å². The fourth-order valence-corrected chi connectivity index (χ4v) is 3.34. The Labute approximate surface area is 154 Å².